The lowest BCUT2D eigenvalue weighted by molar-refractivity contribution is -0.0544. The first kappa shape index (κ1) is 25.2. The Morgan fingerprint density at radius 1 is 0.853 bits per heavy atom. The monoisotopic (exact) mass is 482 g/mol. The standard InChI is InChI=1S/C28H35F5O/c1-2-3-4-5-6-7-17-8-9-19-13-20(11-10-18(19)12-17)21-14-22-16-24(30)27(34-28(32)33)26(31)25(22)23(29)15-21/h14-20,28H,2-13H2,1H3. The van der Waals surface area contributed by atoms with Crippen LogP contribution in [0.25, 0.3) is 10.8 Å². The fourth-order valence-corrected chi connectivity index (χ4v) is 6.44. The van der Waals surface area contributed by atoms with Crippen LogP contribution in [0.1, 0.15) is 95.5 Å². The summed E-state index contributed by atoms with van der Waals surface area (Å²) in [5.41, 5.74) is 0.739. The molecule has 0 amide bonds. The first-order valence-electron chi connectivity index (χ1n) is 12.9. The Kier molecular flexibility index (Phi) is 8.36. The molecule has 4 rings (SSSR count). The lowest BCUT2D eigenvalue weighted by Crippen LogP contribution is -2.30. The van der Waals surface area contributed by atoms with E-state index < -0.39 is 35.2 Å². The van der Waals surface area contributed by atoms with E-state index in [1.165, 1.54) is 63.9 Å². The van der Waals surface area contributed by atoms with E-state index in [0.717, 1.165) is 42.7 Å². The number of ether oxygens (including phenoxy) is 1. The summed E-state index contributed by atoms with van der Waals surface area (Å²) in [6.45, 7) is -1.16. The van der Waals surface area contributed by atoms with Gasteiger partial charge in [0, 0.05) is 0 Å². The third-order valence-corrected chi connectivity index (χ3v) is 8.18. The highest BCUT2D eigenvalue weighted by molar-refractivity contribution is 5.86. The van der Waals surface area contributed by atoms with Gasteiger partial charge in [-0.05, 0) is 78.9 Å². The van der Waals surface area contributed by atoms with Crippen molar-refractivity contribution in [1.29, 1.82) is 0 Å². The summed E-state index contributed by atoms with van der Waals surface area (Å²) in [5.74, 6) is -2.46. The molecule has 2 saturated carbocycles. The van der Waals surface area contributed by atoms with Gasteiger partial charge in [-0.1, -0.05) is 57.9 Å². The number of alkyl halides is 2. The largest absolute Gasteiger partial charge is 0.429 e. The van der Waals surface area contributed by atoms with Crippen LogP contribution in [0.15, 0.2) is 18.2 Å². The molecule has 0 aromatic heterocycles. The highest BCUT2D eigenvalue weighted by Crippen LogP contribution is 2.49. The van der Waals surface area contributed by atoms with E-state index in [4.69, 9.17) is 0 Å². The van der Waals surface area contributed by atoms with E-state index in [0.29, 0.717) is 5.92 Å². The molecule has 2 aliphatic rings. The Balaban J connectivity index is 1.42. The smallest absolute Gasteiger partial charge is 0.387 e. The van der Waals surface area contributed by atoms with Gasteiger partial charge in [-0.2, -0.15) is 8.78 Å². The van der Waals surface area contributed by atoms with Crippen molar-refractivity contribution in [3.8, 4) is 5.75 Å². The summed E-state index contributed by atoms with van der Waals surface area (Å²) in [5, 5.41) is -0.463. The van der Waals surface area contributed by atoms with Gasteiger partial charge in [-0.25, -0.2) is 13.2 Å². The molecular formula is C28H35F5O. The minimum Gasteiger partial charge on any atom is -0.429 e. The van der Waals surface area contributed by atoms with Crippen molar-refractivity contribution in [1.82, 2.24) is 0 Å². The molecule has 1 nitrogen and oxygen atoms in total. The van der Waals surface area contributed by atoms with Crippen molar-refractivity contribution in [3.63, 3.8) is 0 Å². The minimum absolute atomic E-state index is 0.0421. The van der Waals surface area contributed by atoms with Crippen LogP contribution in [0.3, 0.4) is 0 Å². The van der Waals surface area contributed by atoms with Gasteiger partial charge >= 0.3 is 6.61 Å². The number of hydrogen-bond acceptors (Lipinski definition) is 1. The molecule has 0 heterocycles. The van der Waals surface area contributed by atoms with Crippen LogP contribution >= 0.6 is 0 Å². The molecule has 4 unspecified atom stereocenters. The Hall–Kier alpha value is -1.85. The summed E-state index contributed by atoms with van der Waals surface area (Å²) in [4.78, 5) is 0. The van der Waals surface area contributed by atoms with Crippen LogP contribution in [-0.4, -0.2) is 6.61 Å². The number of rotatable bonds is 9. The van der Waals surface area contributed by atoms with Crippen LogP contribution in [0, 0.1) is 35.2 Å². The zero-order valence-corrected chi connectivity index (χ0v) is 19.9. The van der Waals surface area contributed by atoms with Crippen molar-refractivity contribution in [2.24, 2.45) is 17.8 Å². The molecule has 34 heavy (non-hydrogen) atoms. The van der Waals surface area contributed by atoms with Gasteiger partial charge in [0.25, 0.3) is 0 Å². The summed E-state index contributed by atoms with van der Waals surface area (Å²) in [6.07, 6.45) is 14.7. The van der Waals surface area contributed by atoms with E-state index in [1.54, 1.807) is 6.07 Å². The van der Waals surface area contributed by atoms with Crippen LogP contribution < -0.4 is 4.74 Å². The van der Waals surface area contributed by atoms with Crippen LogP contribution in [0.4, 0.5) is 22.0 Å². The van der Waals surface area contributed by atoms with E-state index in [-0.39, 0.29) is 11.3 Å². The molecule has 2 aromatic rings. The number of unbranched alkanes of at least 4 members (excludes halogenated alkanes) is 4. The molecule has 0 bridgehead atoms. The number of fused-ring (bicyclic) bond motifs is 2. The molecule has 2 aromatic carbocycles. The molecule has 2 fully saturated rings. The summed E-state index contributed by atoms with van der Waals surface area (Å²) < 4.78 is 72.7. The van der Waals surface area contributed by atoms with Crippen molar-refractivity contribution < 1.29 is 26.7 Å². The molecule has 0 aliphatic heterocycles. The maximum atomic E-state index is 14.9. The first-order valence-corrected chi connectivity index (χ1v) is 12.9. The molecule has 188 valence electrons. The highest BCUT2D eigenvalue weighted by Gasteiger charge is 2.36. The van der Waals surface area contributed by atoms with Crippen molar-refractivity contribution in [3.05, 3.63) is 41.2 Å². The fraction of sp³-hybridized carbons (Fsp3) is 0.643. The quantitative estimate of drug-likeness (QED) is 0.255. The number of benzene rings is 2. The van der Waals surface area contributed by atoms with Gasteiger partial charge < -0.3 is 4.74 Å². The van der Waals surface area contributed by atoms with Crippen LogP contribution in [0.2, 0.25) is 0 Å². The average molecular weight is 483 g/mol. The minimum atomic E-state index is -3.39. The van der Waals surface area contributed by atoms with Crippen LogP contribution in [0.5, 0.6) is 5.75 Å². The second-order valence-corrected chi connectivity index (χ2v) is 10.4. The van der Waals surface area contributed by atoms with E-state index >= 15 is 0 Å². The molecule has 0 radical (unpaired) electrons. The lowest BCUT2D eigenvalue weighted by Gasteiger charge is -2.42. The van der Waals surface area contributed by atoms with Crippen LogP contribution in [-0.2, 0) is 0 Å². The van der Waals surface area contributed by atoms with E-state index in [9.17, 15) is 22.0 Å². The predicted molar refractivity (Wildman–Crippen MR) is 125 cm³/mol. The normalized spacial score (nSPS) is 25.0. The summed E-state index contributed by atoms with van der Waals surface area (Å²) in [6, 6.07) is 3.80. The Morgan fingerprint density at radius 2 is 1.59 bits per heavy atom. The summed E-state index contributed by atoms with van der Waals surface area (Å²) in [7, 11) is 0. The Labute approximate surface area is 199 Å². The third kappa shape index (κ3) is 5.68. The van der Waals surface area contributed by atoms with E-state index in [1.807, 2.05) is 0 Å². The molecule has 6 heteroatoms. The molecule has 2 aliphatic carbocycles. The highest BCUT2D eigenvalue weighted by atomic mass is 19.3. The second-order valence-electron chi connectivity index (χ2n) is 10.4. The number of hydrogen-bond donors (Lipinski definition) is 0. The second kappa shape index (κ2) is 11.3. The number of halogens is 5. The Morgan fingerprint density at radius 3 is 2.35 bits per heavy atom. The van der Waals surface area contributed by atoms with Gasteiger partial charge in [0.1, 0.15) is 5.82 Å². The zero-order valence-electron chi connectivity index (χ0n) is 19.9. The Bertz CT molecular complexity index is 975. The first-order chi connectivity index (χ1) is 16.4. The fourth-order valence-electron chi connectivity index (χ4n) is 6.44. The maximum Gasteiger partial charge on any atom is 0.387 e. The average Bonchev–Trinajstić information content (AvgIpc) is 2.80. The van der Waals surface area contributed by atoms with Gasteiger partial charge in [-0.15, -0.1) is 0 Å². The molecule has 0 spiro atoms. The van der Waals surface area contributed by atoms with Gasteiger partial charge in [0.15, 0.2) is 17.4 Å². The molecule has 0 saturated heterocycles. The topological polar surface area (TPSA) is 9.23 Å². The summed E-state index contributed by atoms with van der Waals surface area (Å²) >= 11 is 0. The maximum absolute atomic E-state index is 14.9. The third-order valence-electron chi connectivity index (χ3n) is 8.18. The van der Waals surface area contributed by atoms with Gasteiger partial charge in [-0.3, -0.25) is 0 Å². The molecular weight excluding hydrogens is 447 g/mol. The predicted octanol–water partition coefficient (Wildman–Crippen LogP) is 9.52. The molecule has 4 atom stereocenters. The van der Waals surface area contributed by atoms with E-state index in [2.05, 4.69) is 11.7 Å². The zero-order chi connectivity index (χ0) is 24.2. The van der Waals surface area contributed by atoms with Crippen molar-refractivity contribution >= 4 is 10.8 Å². The lowest BCUT2D eigenvalue weighted by atomic mass is 9.63. The van der Waals surface area contributed by atoms with Gasteiger partial charge in [0.2, 0.25) is 0 Å². The van der Waals surface area contributed by atoms with Gasteiger partial charge in [0.05, 0.1) is 5.39 Å². The van der Waals surface area contributed by atoms with Crippen molar-refractivity contribution in [2.75, 3.05) is 0 Å². The SMILES string of the molecule is CCCCCCCC1CCC2CC(c3cc(F)c4c(F)c(OC(F)F)c(F)cc4c3)CCC2C1. The van der Waals surface area contributed by atoms with Crippen molar-refractivity contribution in [2.45, 2.75) is 96.5 Å². The molecule has 0 N–H and O–H groups in total.